The molecule has 0 radical (unpaired) electrons. The van der Waals surface area contributed by atoms with Gasteiger partial charge in [-0.3, -0.25) is 5.32 Å². The van der Waals surface area contributed by atoms with Crippen molar-refractivity contribution in [3.8, 4) is 11.8 Å². The van der Waals surface area contributed by atoms with Gasteiger partial charge in [-0.1, -0.05) is 24.0 Å². The first-order chi connectivity index (χ1) is 9.94. The lowest BCUT2D eigenvalue weighted by atomic mass is 10.1. The van der Waals surface area contributed by atoms with Crippen LogP contribution in [0.2, 0.25) is 0 Å². The summed E-state index contributed by atoms with van der Waals surface area (Å²) in [6.45, 7) is 5.48. The minimum absolute atomic E-state index is 0.479. The minimum atomic E-state index is -0.526. The third-order valence-electron chi connectivity index (χ3n) is 2.43. The van der Waals surface area contributed by atoms with Gasteiger partial charge in [-0.25, -0.2) is 4.79 Å². The van der Waals surface area contributed by atoms with Crippen molar-refractivity contribution in [1.29, 1.82) is 0 Å². The second-order valence-electron chi connectivity index (χ2n) is 5.43. The zero-order chi connectivity index (χ0) is 15.3. The van der Waals surface area contributed by atoms with Crippen molar-refractivity contribution in [2.75, 3.05) is 5.32 Å². The molecule has 0 bridgehead atoms. The van der Waals surface area contributed by atoms with Gasteiger partial charge in [0.1, 0.15) is 5.60 Å². The molecule has 0 saturated heterocycles. The van der Waals surface area contributed by atoms with Crippen LogP contribution in [0, 0.1) is 11.8 Å². The van der Waals surface area contributed by atoms with E-state index in [0.717, 1.165) is 11.1 Å². The van der Waals surface area contributed by atoms with E-state index in [1.54, 1.807) is 11.3 Å². The van der Waals surface area contributed by atoms with Crippen LogP contribution in [-0.4, -0.2) is 11.7 Å². The molecule has 1 amide bonds. The molecule has 1 aromatic heterocycles. The van der Waals surface area contributed by atoms with Gasteiger partial charge in [-0.05, 0) is 44.4 Å². The maximum Gasteiger partial charge on any atom is 0.412 e. The number of hydrogen-bond acceptors (Lipinski definition) is 3. The van der Waals surface area contributed by atoms with E-state index in [2.05, 4.69) is 17.2 Å². The Hall–Kier alpha value is -2.25. The Balaban J connectivity index is 2.16. The Morgan fingerprint density at radius 3 is 2.62 bits per heavy atom. The molecule has 0 saturated carbocycles. The van der Waals surface area contributed by atoms with Crippen LogP contribution in [0.1, 0.15) is 31.9 Å². The fourth-order valence-electron chi connectivity index (χ4n) is 1.59. The molecule has 4 heteroatoms. The molecule has 1 heterocycles. The molecule has 108 valence electrons. The van der Waals surface area contributed by atoms with E-state index in [-0.39, 0.29) is 0 Å². The highest BCUT2D eigenvalue weighted by molar-refractivity contribution is 7.08. The quantitative estimate of drug-likeness (QED) is 0.788. The molecular formula is C17H17NO2S. The van der Waals surface area contributed by atoms with Gasteiger partial charge >= 0.3 is 6.09 Å². The molecule has 0 aliphatic carbocycles. The Bertz CT molecular complexity index is 673. The van der Waals surface area contributed by atoms with Gasteiger partial charge in [-0.15, -0.1) is 0 Å². The number of hydrogen-bond donors (Lipinski definition) is 1. The number of nitrogens with one attached hydrogen (secondary N) is 1. The topological polar surface area (TPSA) is 38.3 Å². The summed E-state index contributed by atoms with van der Waals surface area (Å²) in [4.78, 5) is 11.8. The molecule has 1 N–H and O–H groups in total. The highest BCUT2D eigenvalue weighted by Crippen LogP contribution is 2.16. The molecular weight excluding hydrogens is 282 g/mol. The second kappa shape index (κ2) is 6.47. The molecule has 0 fully saturated rings. The van der Waals surface area contributed by atoms with Crippen molar-refractivity contribution in [2.45, 2.75) is 26.4 Å². The SMILES string of the molecule is CC(C)(C)OC(=O)Nc1ccccc1C#Cc1ccsc1. The molecule has 2 aromatic rings. The number of para-hydroxylation sites is 1. The summed E-state index contributed by atoms with van der Waals surface area (Å²) in [7, 11) is 0. The summed E-state index contributed by atoms with van der Waals surface area (Å²) >= 11 is 1.60. The van der Waals surface area contributed by atoms with Crippen LogP contribution in [0.5, 0.6) is 0 Å². The zero-order valence-corrected chi connectivity index (χ0v) is 13.1. The number of benzene rings is 1. The maximum atomic E-state index is 11.8. The Morgan fingerprint density at radius 1 is 1.19 bits per heavy atom. The number of carbonyl (C=O) groups excluding carboxylic acids is 1. The third-order valence-corrected chi connectivity index (χ3v) is 3.11. The number of amides is 1. The molecule has 0 aliphatic rings. The molecule has 2 rings (SSSR count). The molecule has 0 atom stereocenters. The van der Waals surface area contributed by atoms with Gasteiger partial charge in [0.05, 0.1) is 5.69 Å². The normalized spacial score (nSPS) is 10.4. The van der Waals surface area contributed by atoms with Gasteiger partial charge in [-0.2, -0.15) is 11.3 Å². The van der Waals surface area contributed by atoms with Crippen LogP contribution >= 0.6 is 11.3 Å². The van der Waals surface area contributed by atoms with Crippen molar-refractivity contribution in [3.05, 3.63) is 52.2 Å². The van der Waals surface area contributed by atoms with Crippen LogP contribution in [0.3, 0.4) is 0 Å². The van der Waals surface area contributed by atoms with E-state index in [1.807, 2.05) is 61.9 Å². The summed E-state index contributed by atoms with van der Waals surface area (Å²) in [5, 5.41) is 6.70. The number of carbonyl (C=O) groups is 1. The Labute approximate surface area is 129 Å². The Kier molecular flexibility index (Phi) is 4.66. The van der Waals surface area contributed by atoms with E-state index in [4.69, 9.17) is 4.74 Å². The van der Waals surface area contributed by atoms with Gasteiger partial charge in [0.2, 0.25) is 0 Å². The predicted octanol–water partition coefficient (Wildman–Crippen LogP) is 4.49. The lowest BCUT2D eigenvalue weighted by molar-refractivity contribution is 0.0636. The maximum absolute atomic E-state index is 11.8. The fraction of sp³-hybridized carbons (Fsp3) is 0.235. The summed E-state index contributed by atoms with van der Waals surface area (Å²) in [6, 6.07) is 9.37. The number of rotatable bonds is 1. The molecule has 21 heavy (non-hydrogen) atoms. The van der Waals surface area contributed by atoms with Crippen molar-refractivity contribution in [3.63, 3.8) is 0 Å². The first-order valence-electron chi connectivity index (χ1n) is 6.57. The van der Waals surface area contributed by atoms with Crippen molar-refractivity contribution in [2.24, 2.45) is 0 Å². The second-order valence-corrected chi connectivity index (χ2v) is 6.21. The van der Waals surface area contributed by atoms with E-state index in [1.165, 1.54) is 0 Å². The van der Waals surface area contributed by atoms with Crippen LogP contribution in [0.4, 0.5) is 10.5 Å². The van der Waals surface area contributed by atoms with E-state index >= 15 is 0 Å². The average molecular weight is 299 g/mol. The number of ether oxygens (including phenoxy) is 1. The van der Waals surface area contributed by atoms with E-state index < -0.39 is 11.7 Å². The summed E-state index contributed by atoms with van der Waals surface area (Å²) in [5.74, 6) is 6.14. The van der Waals surface area contributed by atoms with Crippen LogP contribution in [0.25, 0.3) is 0 Å². The summed E-state index contributed by atoms with van der Waals surface area (Å²) in [5.41, 5.74) is 1.84. The molecule has 0 aliphatic heterocycles. The molecule has 1 aromatic carbocycles. The molecule has 0 unspecified atom stereocenters. The summed E-state index contributed by atoms with van der Waals surface area (Å²) in [6.07, 6.45) is -0.479. The largest absolute Gasteiger partial charge is 0.444 e. The van der Waals surface area contributed by atoms with Gasteiger partial charge in [0.15, 0.2) is 0 Å². The Morgan fingerprint density at radius 2 is 1.95 bits per heavy atom. The fourth-order valence-corrected chi connectivity index (χ4v) is 2.18. The lowest BCUT2D eigenvalue weighted by Gasteiger charge is -2.20. The van der Waals surface area contributed by atoms with Crippen LogP contribution in [-0.2, 0) is 4.74 Å². The standard InChI is InChI=1S/C17H17NO2S/c1-17(2,3)20-16(19)18-15-7-5-4-6-14(15)9-8-13-10-11-21-12-13/h4-7,10-12H,1-3H3,(H,18,19). The van der Waals surface area contributed by atoms with E-state index in [9.17, 15) is 4.79 Å². The predicted molar refractivity (Wildman–Crippen MR) is 86.6 cm³/mol. The smallest absolute Gasteiger partial charge is 0.412 e. The van der Waals surface area contributed by atoms with Gasteiger partial charge in [0.25, 0.3) is 0 Å². The van der Waals surface area contributed by atoms with Crippen LogP contribution in [0.15, 0.2) is 41.1 Å². The van der Waals surface area contributed by atoms with Crippen molar-refractivity contribution < 1.29 is 9.53 Å². The lowest BCUT2D eigenvalue weighted by Crippen LogP contribution is -2.27. The highest BCUT2D eigenvalue weighted by atomic mass is 32.1. The van der Waals surface area contributed by atoms with E-state index in [0.29, 0.717) is 5.69 Å². The van der Waals surface area contributed by atoms with Gasteiger partial charge in [0, 0.05) is 16.5 Å². The molecule has 3 nitrogen and oxygen atoms in total. The first-order valence-corrected chi connectivity index (χ1v) is 7.51. The van der Waals surface area contributed by atoms with Crippen molar-refractivity contribution in [1.82, 2.24) is 0 Å². The zero-order valence-electron chi connectivity index (χ0n) is 12.3. The summed E-state index contributed by atoms with van der Waals surface area (Å²) < 4.78 is 5.25. The van der Waals surface area contributed by atoms with Crippen molar-refractivity contribution >= 4 is 23.1 Å². The average Bonchev–Trinajstić information content (AvgIpc) is 2.88. The number of anilines is 1. The first kappa shape index (κ1) is 15.1. The highest BCUT2D eigenvalue weighted by Gasteiger charge is 2.16. The van der Waals surface area contributed by atoms with Crippen LogP contribution < -0.4 is 5.32 Å². The monoisotopic (exact) mass is 299 g/mol. The molecule has 0 spiro atoms. The number of thiophene rings is 1. The van der Waals surface area contributed by atoms with Gasteiger partial charge < -0.3 is 4.74 Å². The minimum Gasteiger partial charge on any atom is -0.444 e. The third kappa shape index (κ3) is 4.97.